The first-order chi connectivity index (χ1) is 8.08. The number of rotatable bonds is 2. The molecule has 0 aromatic carbocycles. The maximum absolute atomic E-state index is 12.0. The highest BCUT2D eigenvalue weighted by atomic mass is 16.4. The smallest absolute Gasteiger partial charge is 0.326 e. The van der Waals surface area contributed by atoms with E-state index in [1.807, 2.05) is 0 Å². The highest BCUT2D eigenvalue weighted by Crippen LogP contribution is 2.27. The van der Waals surface area contributed by atoms with Crippen molar-refractivity contribution in [3.63, 3.8) is 0 Å². The van der Waals surface area contributed by atoms with Gasteiger partial charge in [-0.15, -0.1) is 0 Å². The summed E-state index contributed by atoms with van der Waals surface area (Å²) in [6.45, 7) is 2.72. The Labute approximate surface area is 101 Å². The van der Waals surface area contributed by atoms with Gasteiger partial charge in [-0.25, -0.2) is 9.59 Å². The lowest BCUT2D eigenvalue weighted by atomic mass is 9.82. The van der Waals surface area contributed by atoms with Crippen molar-refractivity contribution in [2.45, 2.75) is 51.1 Å². The number of likely N-dealkylation sites (tertiary alicyclic amines) is 1. The second kappa shape index (κ2) is 4.94. The molecule has 5 heteroatoms. The minimum Gasteiger partial charge on any atom is -0.480 e. The van der Waals surface area contributed by atoms with Crippen LogP contribution < -0.4 is 5.32 Å². The highest BCUT2D eigenvalue weighted by molar-refractivity contribution is 5.83. The van der Waals surface area contributed by atoms with Crippen molar-refractivity contribution in [2.24, 2.45) is 5.92 Å². The van der Waals surface area contributed by atoms with Crippen molar-refractivity contribution >= 4 is 12.0 Å². The van der Waals surface area contributed by atoms with Crippen LogP contribution in [0.25, 0.3) is 0 Å². The number of aliphatic carboxylic acids is 1. The summed E-state index contributed by atoms with van der Waals surface area (Å²) < 4.78 is 0. The molecule has 5 nitrogen and oxygen atoms in total. The van der Waals surface area contributed by atoms with E-state index in [4.69, 9.17) is 5.11 Å². The fraction of sp³-hybridized carbons (Fsp3) is 0.833. The second-order valence-corrected chi connectivity index (χ2v) is 5.27. The van der Waals surface area contributed by atoms with E-state index in [0.717, 1.165) is 25.7 Å². The quantitative estimate of drug-likeness (QED) is 0.767. The standard InChI is InChI=1S/C12H20N2O3/c1-8-6-9(7-8)13-12(17)14-5-3-2-4-10(14)11(15)16/h8-10H,2-7H2,1H3,(H,13,17)(H,15,16). The number of urea groups is 1. The Hall–Kier alpha value is -1.26. The van der Waals surface area contributed by atoms with Crippen LogP contribution in [-0.2, 0) is 4.79 Å². The van der Waals surface area contributed by atoms with Gasteiger partial charge in [-0.05, 0) is 38.0 Å². The maximum atomic E-state index is 12.0. The van der Waals surface area contributed by atoms with Gasteiger partial charge in [-0.1, -0.05) is 6.92 Å². The number of nitrogens with zero attached hydrogens (tertiary/aromatic N) is 1. The maximum Gasteiger partial charge on any atom is 0.326 e. The van der Waals surface area contributed by atoms with E-state index in [-0.39, 0.29) is 12.1 Å². The van der Waals surface area contributed by atoms with E-state index in [0.29, 0.717) is 18.9 Å². The number of carbonyl (C=O) groups is 2. The van der Waals surface area contributed by atoms with Crippen LogP contribution in [0.3, 0.4) is 0 Å². The predicted octanol–water partition coefficient (Wildman–Crippen LogP) is 1.43. The van der Waals surface area contributed by atoms with Gasteiger partial charge in [-0.2, -0.15) is 0 Å². The molecule has 0 bridgehead atoms. The number of hydrogen-bond acceptors (Lipinski definition) is 2. The summed E-state index contributed by atoms with van der Waals surface area (Å²) in [4.78, 5) is 24.5. The van der Waals surface area contributed by atoms with Gasteiger partial charge in [0.2, 0.25) is 0 Å². The van der Waals surface area contributed by atoms with Crippen LogP contribution in [0.5, 0.6) is 0 Å². The van der Waals surface area contributed by atoms with Crippen molar-refractivity contribution in [1.29, 1.82) is 0 Å². The van der Waals surface area contributed by atoms with Gasteiger partial charge in [0.05, 0.1) is 0 Å². The lowest BCUT2D eigenvalue weighted by molar-refractivity contribution is -0.143. The summed E-state index contributed by atoms with van der Waals surface area (Å²) in [5.41, 5.74) is 0. The number of carboxylic acid groups (broad SMARTS) is 1. The molecule has 0 aromatic rings. The van der Waals surface area contributed by atoms with E-state index in [1.165, 1.54) is 4.90 Å². The Morgan fingerprint density at radius 2 is 2.00 bits per heavy atom. The molecular weight excluding hydrogens is 220 g/mol. The van der Waals surface area contributed by atoms with Crippen LogP contribution in [0.2, 0.25) is 0 Å². The van der Waals surface area contributed by atoms with Crippen LogP contribution >= 0.6 is 0 Å². The molecule has 1 atom stereocenters. The van der Waals surface area contributed by atoms with Crippen LogP contribution in [-0.4, -0.2) is 40.6 Å². The Morgan fingerprint density at radius 1 is 1.29 bits per heavy atom. The van der Waals surface area contributed by atoms with Gasteiger partial charge in [-0.3, -0.25) is 0 Å². The number of nitrogens with one attached hydrogen (secondary N) is 1. The summed E-state index contributed by atoms with van der Waals surface area (Å²) in [6, 6.07) is -0.593. The molecule has 1 heterocycles. The molecule has 1 aliphatic carbocycles. The van der Waals surface area contributed by atoms with Crippen molar-refractivity contribution in [3.05, 3.63) is 0 Å². The average Bonchev–Trinajstić information content (AvgIpc) is 2.27. The molecule has 0 spiro atoms. The molecule has 1 unspecified atom stereocenters. The van der Waals surface area contributed by atoms with Gasteiger partial charge in [0, 0.05) is 12.6 Å². The first kappa shape index (κ1) is 12.2. The summed E-state index contributed by atoms with van der Waals surface area (Å²) in [7, 11) is 0. The molecule has 1 saturated carbocycles. The van der Waals surface area contributed by atoms with E-state index < -0.39 is 12.0 Å². The van der Waals surface area contributed by atoms with Gasteiger partial charge < -0.3 is 15.3 Å². The van der Waals surface area contributed by atoms with Gasteiger partial charge >= 0.3 is 12.0 Å². The van der Waals surface area contributed by atoms with E-state index in [2.05, 4.69) is 12.2 Å². The Kier molecular flexibility index (Phi) is 3.54. The highest BCUT2D eigenvalue weighted by Gasteiger charge is 2.34. The first-order valence-electron chi connectivity index (χ1n) is 6.38. The largest absolute Gasteiger partial charge is 0.480 e. The van der Waals surface area contributed by atoms with Crippen LogP contribution in [0.15, 0.2) is 0 Å². The monoisotopic (exact) mass is 240 g/mol. The normalized spacial score (nSPS) is 32.8. The fourth-order valence-electron chi connectivity index (χ4n) is 2.71. The average molecular weight is 240 g/mol. The summed E-state index contributed by atoms with van der Waals surface area (Å²) in [5, 5.41) is 12.0. The van der Waals surface area contributed by atoms with E-state index >= 15 is 0 Å². The molecule has 17 heavy (non-hydrogen) atoms. The molecule has 2 rings (SSSR count). The van der Waals surface area contributed by atoms with Crippen molar-refractivity contribution < 1.29 is 14.7 Å². The van der Waals surface area contributed by atoms with Crippen LogP contribution in [0.4, 0.5) is 4.79 Å². The summed E-state index contributed by atoms with van der Waals surface area (Å²) in [5.74, 6) is -0.209. The Balaban J connectivity index is 1.89. The first-order valence-corrected chi connectivity index (χ1v) is 6.38. The number of carboxylic acids is 1. The molecular formula is C12H20N2O3. The topological polar surface area (TPSA) is 69.6 Å². The van der Waals surface area contributed by atoms with E-state index in [1.54, 1.807) is 0 Å². The Bertz CT molecular complexity index is 313. The molecule has 0 radical (unpaired) electrons. The zero-order valence-electron chi connectivity index (χ0n) is 10.2. The molecule has 2 aliphatic rings. The third-order valence-electron chi connectivity index (χ3n) is 3.75. The third-order valence-corrected chi connectivity index (χ3v) is 3.75. The zero-order valence-corrected chi connectivity index (χ0v) is 10.2. The van der Waals surface area contributed by atoms with Crippen LogP contribution in [0.1, 0.15) is 39.0 Å². The lowest BCUT2D eigenvalue weighted by Gasteiger charge is -2.38. The summed E-state index contributed by atoms with van der Waals surface area (Å²) in [6.07, 6.45) is 4.39. The van der Waals surface area contributed by atoms with Gasteiger partial charge in [0.15, 0.2) is 0 Å². The number of carbonyl (C=O) groups excluding carboxylic acids is 1. The molecule has 96 valence electrons. The molecule has 2 N–H and O–H groups in total. The number of piperidine rings is 1. The van der Waals surface area contributed by atoms with Gasteiger partial charge in [0.1, 0.15) is 6.04 Å². The van der Waals surface area contributed by atoms with Crippen LogP contribution in [0, 0.1) is 5.92 Å². The molecule has 2 fully saturated rings. The molecule has 1 aliphatic heterocycles. The molecule has 1 saturated heterocycles. The number of amides is 2. The number of hydrogen-bond donors (Lipinski definition) is 2. The SMILES string of the molecule is CC1CC(NC(=O)N2CCCCC2C(=O)O)C1. The minimum absolute atomic E-state index is 0.200. The van der Waals surface area contributed by atoms with E-state index in [9.17, 15) is 9.59 Å². The summed E-state index contributed by atoms with van der Waals surface area (Å²) >= 11 is 0. The predicted molar refractivity (Wildman–Crippen MR) is 62.7 cm³/mol. The fourth-order valence-corrected chi connectivity index (χ4v) is 2.71. The van der Waals surface area contributed by atoms with Crippen molar-refractivity contribution in [2.75, 3.05) is 6.54 Å². The molecule has 0 aromatic heterocycles. The second-order valence-electron chi connectivity index (χ2n) is 5.27. The van der Waals surface area contributed by atoms with Gasteiger partial charge in [0.25, 0.3) is 0 Å². The van der Waals surface area contributed by atoms with Crippen molar-refractivity contribution in [1.82, 2.24) is 10.2 Å². The third kappa shape index (κ3) is 2.70. The lowest BCUT2D eigenvalue weighted by Crippen LogP contribution is -2.55. The minimum atomic E-state index is -0.887. The molecule has 2 amide bonds. The Morgan fingerprint density at radius 3 is 2.59 bits per heavy atom. The van der Waals surface area contributed by atoms with Crippen molar-refractivity contribution in [3.8, 4) is 0 Å². The zero-order chi connectivity index (χ0) is 12.4.